The van der Waals surface area contributed by atoms with Crippen LogP contribution >= 0.6 is 0 Å². The number of hydrogen-bond acceptors (Lipinski definition) is 5. The van der Waals surface area contributed by atoms with Crippen LogP contribution in [0.4, 0.5) is 0 Å². The zero-order valence-corrected chi connectivity index (χ0v) is 14.9. The van der Waals surface area contributed by atoms with Crippen molar-refractivity contribution in [2.45, 2.75) is 51.6 Å². The van der Waals surface area contributed by atoms with Crippen LogP contribution in [0.2, 0.25) is 0 Å². The van der Waals surface area contributed by atoms with E-state index in [-0.39, 0.29) is 11.4 Å². The van der Waals surface area contributed by atoms with Crippen LogP contribution in [0.3, 0.4) is 0 Å². The van der Waals surface area contributed by atoms with Crippen LogP contribution in [0.15, 0.2) is 16.9 Å². The highest BCUT2D eigenvalue weighted by Gasteiger charge is 2.48. The fourth-order valence-corrected chi connectivity index (χ4v) is 4.33. The Hall–Kier alpha value is -2.15. The highest BCUT2D eigenvalue weighted by atomic mass is 16.5. The number of H-pyrrole nitrogens is 1. The van der Waals surface area contributed by atoms with E-state index in [4.69, 9.17) is 4.52 Å². The number of rotatable bonds is 3. The first kappa shape index (κ1) is 16.3. The molecule has 2 aliphatic rings. The summed E-state index contributed by atoms with van der Waals surface area (Å²) in [5.74, 6) is 1.13. The maximum atomic E-state index is 12.6. The summed E-state index contributed by atoms with van der Waals surface area (Å²) in [5, 5.41) is 3.97. The summed E-state index contributed by atoms with van der Waals surface area (Å²) < 4.78 is 5.35. The number of aromatic nitrogens is 3. The Morgan fingerprint density at radius 3 is 2.84 bits per heavy atom. The average molecular weight is 343 g/mol. The lowest BCUT2D eigenvalue weighted by molar-refractivity contribution is -0.141. The van der Waals surface area contributed by atoms with Crippen LogP contribution < -0.4 is 0 Å². The minimum Gasteiger partial charge on any atom is -0.360 e. The van der Waals surface area contributed by atoms with Gasteiger partial charge in [-0.3, -0.25) is 9.69 Å². The highest BCUT2D eigenvalue weighted by molar-refractivity contribution is 5.77. The number of carbonyl (C=O) groups is 1. The fourth-order valence-electron chi connectivity index (χ4n) is 4.33. The number of likely N-dealkylation sites (tertiary alicyclic amines) is 1. The van der Waals surface area contributed by atoms with Crippen molar-refractivity contribution in [1.82, 2.24) is 24.9 Å². The Labute approximate surface area is 147 Å². The molecular formula is C18H25N5O2. The number of nitrogens with one attached hydrogen (secondary N) is 1. The molecule has 2 aromatic rings. The number of imidazole rings is 1. The van der Waals surface area contributed by atoms with Crippen molar-refractivity contribution >= 4 is 5.91 Å². The standard InChI is InChI=1S/C18H25N5O2/c1-3-16(24)23-7-4-15-17(20-12-19-15)18(23)5-8-22(9-6-18)11-14-10-13(2)21-25-14/h10,12H,3-9,11H2,1-2H3,(H,19,20). The summed E-state index contributed by atoms with van der Waals surface area (Å²) in [6.45, 7) is 7.26. The van der Waals surface area contributed by atoms with E-state index in [2.05, 4.69) is 24.9 Å². The van der Waals surface area contributed by atoms with E-state index < -0.39 is 0 Å². The number of hydrogen-bond donors (Lipinski definition) is 1. The summed E-state index contributed by atoms with van der Waals surface area (Å²) in [6, 6.07) is 1.99. The number of aryl methyl sites for hydroxylation is 1. The van der Waals surface area contributed by atoms with Gasteiger partial charge in [0.15, 0.2) is 5.76 Å². The quantitative estimate of drug-likeness (QED) is 0.922. The smallest absolute Gasteiger partial charge is 0.223 e. The van der Waals surface area contributed by atoms with Crippen LogP contribution in [-0.2, 0) is 23.3 Å². The molecule has 0 bridgehead atoms. The van der Waals surface area contributed by atoms with E-state index in [1.807, 2.05) is 19.9 Å². The molecule has 134 valence electrons. The van der Waals surface area contributed by atoms with Gasteiger partial charge in [0, 0.05) is 44.2 Å². The molecule has 1 spiro atoms. The van der Waals surface area contributed by atoms with Gasteiger partial charge in [-0.25, -0.2) is 4.98 Å². The number of aromatic amines is 1. The van der Waals surface area contributed by atoms with E-state index >= 15 is 0 Å². The lowest BCUT2D eigenvalue weighted by atomic mass is 9.78. The predicted octanol–water partition coefficient (Wildman–Crippen LogP) is 1.99. The number of amides is 1. The molecule has 0 aliphatic carbocycles. The third-order valence-electron chi connectivity index (χ3n) is 5.60. The van der Waals surface area contributed by atoms with Gasteiger partial charge in [-0.1, -0.05) is 12.1 Å². The number of nitrogens with zero attached hydrogens (tertiary/aromatic N) is 4. The van der Waals surface area contributed by atoms with Crippen LogP contribution in [0.1, 0.15) is 49.0 Å². The van der Waals surface area contributed by atoms with Crippen molar-refractivity contribution in [3.8, 4) is 0 Å². The van der Waals surface area contributed by atoms with E-state index in [1.54, 1.807) is 6.33 Å². The minimum absolute atomic E-state index is 0.230. The molecule has 0 unspecified atom stereocenters. The largest absolute Gasteiger partial charge is 0.360 e. The molecule has 1 amide bonds. The molecule has 2 aliphatic heterocycles. The Morgan fingerprint density at radius 1 is 1.36 bits per heavy atom. The lowest BCUT2D eigenvalue weighted by Crippen LogP contribution is -2.58. The second kappa shape index (κ2) is 6.29. The van der Waals surface area contributed by atoms with Crippen molar-refractivity contribution in [3.63, 3.8) is 0 Å². The number of carbonyl (C=O) groups excluding carboxylic acids is 1. The summed E-state index contributed by atoms with van der Waals surface area (Å²) in [7, 11) is 0. The molecule has 7 nitrogen and oxygen atoms in total. The van der Waals surface area contributed by atoms with Gasteiger partial charge < -0.3 is 14.4 Å². The van der Waals surface area contributed by atoms with Gasteiger partial charge in [-0.2, -0.15) is 0 Å². The van der Waals surface area contributed by atoms with E-state index in [9.17, 15) is 4.79 Å². The highest BCUT2D eigenvalue weighted by Crippen LogP contribution is 2.42. The van der Waals surface area contributed by atoms with Crippen molar-refractivity contribution in [1.29, 1.82) is 0 Å². The summed E-state index contributed by atoms with van der Waals surface area (Å²) in [4.78, 5) is 25.0. The summed E-state index contributed by atoms with van der Waals surface area (Å²) >= 11 is 0. The Bertz CT molecular complexity index is 757. The van der Waals surface area contributed by atoms with Gasteiger partial charge in [0.25, 0.3) is 0 Å². The molecule has 4 rings (SSSR count). The predicted molar refractivity (Wildman–Crippen MR) is 91.7 cm³/mol. The minimum atomic E-state index is -0.255. The molecule has 0 aromatic carbocycles. The maximum Gasteiger partial charge on any atom is 0.223 e. The molecule has 1 saturated heterocycles. The van der Waals surface area contributed by atoms with Crippen LogP contribution in [-0.4, -0.2) is 50.5 Å². The Morgan fingerprint density at radius 2 is 2.16 bits per heavy atom. The summed E-state index contributed by atoms with van der Waals surface area (Å²) in [6.07, 6.45) is 5.00. The first-order valence-corrected chi connectivity index (χ1v) is 9.10. The third kappa shape index (κ3) is 2.76. The molecule has 0 saturated carbocycles. The molecule has 1 N–H and O–H groups in total. The Kier molecular flexibility index (Phi) is 4.11. The van der Waals surface area contributed by atoms with Crippen LogP contribution in [0.25, 0.3) is 0 Å². The first-order valence-electron chi connectivity index (χ1n) is 9.10. The van der Waals surface area contributed by atoms with Gasteiger partial charge in [0.1, 0.15) is 0 Å². The molecule has 7 heteroatoms. The zero-order valence-electron chi connectivity index (χ0n) is 14.9. The maximum absolute atomic E-state index is 12.6. The molecule has 0 atom stereocenters. The molecule has 4 heterocycles. The van der Waals surface area contributed by atoms with Crippen LogP contribution in [0, 0.1) is 6.92 Å². The summed E-state index contributed by atoms with van der Waals surface area (Å²) in [5.41, 5.74) is 2.93. The molecule has 2 aromatic heterocycles. The third-order valence-corrected chi connectivity index (χ3v) is 5.60. The first-order chi connectivity index (χ1) is 12.1. The van der Waals surface area contributed by atoms with Gasteiger partial charge >= 0.3 is 0 Å². The van der Waals surface area contributed by atoms with Crippen molar-refractivity contribution in [2.75, 3.05) is 19.6 Å². The number of fused-ring (bicyclic) bond motifs is 2. The molecular weight excluding hydrogens is 318 g/mol. The number of piperidine rings is 1. The van der Waals surface area contributed by atoms with Crippen LogP contribution in [0.5, 0.6) is 0 Å². The normalized spacial score (nSPS) is 20.0. The van der Waals surface area contributed by atoms with Gasteiger partial charge in [-0.15, -0.1) is 0 Å². The Balaban J connectivity index is 1.55. The topological polar surface area (TPSA) is 78.3 Å². The van der Waals surface area contributed by atoms with Crippen molar-refractivity contribution in [3.05, 3.63) is 35.2 Å². The second-order valence-electron chi connectivity index (χ2n) is 7.12. The average Bonchev–Trinajstić information content (AvgIpc) is 3.26. The van der Waals surface area contributed by atoms with Crippen molar-refractivity contribution < 1.29 is 9.32 Å². The van der Waals surface area contributed by atoms with Gasteiger partial charge in [-0.05, 0) is 19.8 Å². The molecule has 0 radical (unpaired) electrons. The fraction of sp³-hybridized carbons (Fsp3) is 0.611. The van der Waals surface area contributed by atoms with E-state index in [0.717, 1.165) is 62.6 Å². The molecule has 1 fully saturated rings. The SMILES string of the molecule is CCC(=O)N1CCc2[nH]cnc2C12CCN(Cc1cc(C)no1)CC2. The lowest BCUT2D eigenvalue weighted by Gasteiger charge is -2.50. The van der Waals surface area contributed by atoms with Gasteiger partial charge in [0.05, 0.1) is 29.8 Å². The van der Waals surface area contributed by atoms with Crippen molar-refractivity contribution in [2.24, 2.45) is 0 Å². The molecule has 25 heavy (non-hydrogen) atoms. The van der Waals surface area contributed by atoms with Gasteiger partial charge in [0.2, 0.25) is 5.91 Å². The monoisotopic (exact) mass is 343 g/mol. The zero-order chi connectivity index (χ0) is 17.4. The van der Waals surface area contributed by atoms with E-state index in [0.29, 0.717) is 6.42 Å². The van der Waals surface area contributed by atoms with E-state index in [1.165, 1.54) is 5.69 Å². The second-order valence-corrected chi connectivity index (χ2v) is 7.12.